The predicted molar refractivity (Wildman–Crippen MR) is 124 cm³/mol. The smallest absolute Gasteiger partial charge is 0.227 e. The van der Waals surface area contributed by atoms with Gasteiger partial charge in [0.15, 0.2) is 0 Å². The summed E-state index contributed by atoms with van der Waals surface area (Å²) in [5.74, 6) is 1.90. The van der Waals surface area contributed by atoms with Crippen LogP contribution >= 0.6 is 18.7 Å². The van der Waals surface area contributed by atoms with Gasteiger partial charge in [0.2, 0.25) is 5.95 Å². The van der Waals surface area contributed by atoms with Crippen molar-refractivity contribution in [1.29, 1.82) is 0 Å². The third kappa shape index (κ3) is 4.23. The summed E-state index contributed by atoms with van der Waals surface area (Å²) in [6.07, 6.45) is 4.44. The van der Waals surface area contributed by atoms with E-state index >= 15 is 0 Å². The highest BCUT2D eigenvalue weighted by Gasteiger charge is 2.25. The first-order valence-electron chi connectivity index (χ1n) is 10.0. The van der Waals surface area contributed by atoms with Crippen LogP contribution in [0.25, 0.3) is 11.3 Å². The lowest BCUT2D eigenvalue weighted by molar-refractivity contribution is 0.418. The van der Waals surface area contributed by atoms with E-state index in [1.807, 2.05) is 28.9 Å². The first kappa shape index (κ1) is 20.9. The summed E-state index contributed by atoms with van der Waals surface area (Å²) in [5, 5.41) is 12.6. The molecule has 1 aromatic carbocycles. The second-order valence-corrected chi connectivity index (χ2v) is 12.0. The van der Waals surface area contributed by atoms with Crippen molar-refractivity contribution >= 4 is 41.5 Å². The second-order valence-electron chi connectivity index (χ2n) is 8.33. The standard InChI is InChI=1S/C21H26ClN6OP/c1-13(2)18-9-10-28-20(26-18)16(11-24-28)19-17(22)12-23-21(27-19)25-14-5-7-15(8-6-14)30(3,4)29/h5-8,11-13,18,26H,9-10H2,1-4H3,(H,23,25,27). The van der Waals surface area contributed by atoms with Crippen LogP contribution in [0.5, 0.6) is 0 Å². The number of rotatable bonds is 5. The van der Waals surface area contributed by atoms with Crippen LogP contribution in [-0.2, 0) is 11.1 Å². The lowest BCUT2D eigenvalue weighted by Gasteiger charge is -2.29. The Labute approximate surface area is 181 Å². The van der Waals surface area contributed by atoms with Crippen molar-refractivity contribution in [3.8, 4) is 11.3 Å². The summed E-state index contributed by atoms with van der Waals surface area (Å²) < 4.78 is 14.2. The molecule has 1 unspecified atom stereocenters. The third-order valence-corrected chi connectivity index (χ3v) is 7.18. The van der Waals surface area contributed by atoms with Gasteiger partial charge >= 0.3 is 0 Å². The van der Waals surface area contributed by atoms with E-state index in [2.05, 4.69) is 39.5 Å². The van der Waals surface area contributed by atoms with Gasteiger partial charge < -0.3 is 15.2 Å². The molecule has 30 heavy (non-hydrogen) atoms. The molecule has 9 heteroatoms. The van der Waals surface area contributed by atoms with E-state index in [4.69, 9.17) is 11.6 Å². The van der Waals surface area contributed by atoms with Gasteiger partial charge in [0, 0.05) is 23.6 Å². The van der Waals surface area contributed by atoms with Gasteiger partial charge in [0.05, 0.1) is 28.7 Å². The first-order valence-corrected chi connectivity index (χ1v) is 13.0. The molecular formula is C21H26ClN6OP. The van der Waals surface area contributed by atoms with Gasteiger partial charge in [-0.2, -0.15) is 5.10 Å². The Kier molecular flexibility index (Phi) is 5.60. The number of aryl methyl sites for hydroxylation is 1. The molecule has 0 bridgehead atoms. The summed E-state index contributed by atoms with van der Waals surface area (Å²) in [5.41, 5.74) is 2.31. The molecule has 1 aliphatic heterocycles. The predicted octanol–water partition coefficient (Wildman–Crippen LogP) is 4.83. The van der Waals surface area contributed by atoms with Crippen LogP contribution in [0.15, 0.2) is 36.7 Å². The van der Waals surface area contributed by atoms with E-state index in [-0.39, 0.29) is 0 Å². The summed E-state index contributed by atoms with van der Waals surface area (Å²) in [6, 6.07) is 7.87. The molecule has 1 aliphatic rings. The normalized spacial score (nSPS) is 16.3. The third-order valence-electron chi connectivity index (χ3n) is 5.36. The second kappa shape index (κ2) is 8.05. The van der Waals surface area contributed by atoms with Gasteiger partial charge in [0.1, 0.15) is 13.0 Å². The fraction of sp³-hybridized carbons (Fsp3) is 0.381. The zero-order valence-corrected chi connectivity index (χ0v) is 19.2. The molecule has 0 amide bonds. The molecule has 3 aromatic rings. The average molecular weight is 445 g/mol. The monoisotopic (exact) mass is 444 g/mol. The van der Waals surface area contributed by atoms with Crippen molar-refractivity contribution in [3.63, 3.8) is 0 Å². The van der Waals surface area contributed by atoms with Gasteiger partial charge in [0.25, 0.3) is 0 Å². The Bertz CT molecular complexity index is 1110. The molecule has 0 radical (unpaired) electrons. The molecule has 2 N–H and O–H groups in total. The summed E-state index contributed by atoms with van der Waals surface area (Å²) >= 11 is 6.45. The number of nitrogens with zero attached hydrogens (tertiary/aromatic N) is 4. The van der Waals surface area contributed by atoms with E-state index in [1.54, 1.807) is 25.7 Å². The minimum atomic E-state index is -2.28. The number of benzene rings is 1. The molecule has 7 nitrogen and oxygen atoms in total. The van der Waals surface area contributed by atoms with Crippen molar-refractivity contribution in [2.24, 2.45) is 5.92 Å². The molecule has 2 aromatic heterocycles. The SMILES string of the molecule is CC(C)C1CCn2ncc(-c3nc(Nc4ccc(P(C)(C)=O)cc4)ncc3Cl)c2N1. The van der Waals surface area contributed by atoms with Crippen molar-refractivity contribution in [2.75, 3.05) is 24.0 Å². The summed E-state index contributed by atoms with van der Waals surface area (Å²) in [7, 11) is -2.28. The Hall–Kier alpha value is -2.37. The molecule has 0 saturated heterocycles. The number of aromatic nitrogens is 4. The van der Waals surface area contributed by atoms with Crippen LogP contribution in [-0.4, -0.2) is 39.1 Å². The number of hydrogen-bond donors (Lipinski definition) is 2. The number of hydrogen-bond acceptors (Lipinski definition) is 6. The Morgan fingerprint density at radius 2 is 1.97 bits per heavy atom. The maximum absolute atomic E-state index is 12.2. The van der Waals surface area contributed by atoms with Crippen molar-refractivity contribution < 1.29 is 4.57 Å². The largest absolute Gasteiger partial charge is 0.367 e. The van der Waals surface area contributed by atoms with E-state index in [0.717, 1.165) is 35.3 Å². The molecule has 4 rings (SSSR count). The summed E-state index contributed by atoms with van der Waals surface area (Å²) in [4.78, 5) is 8.97. The Morgan fingerprint density at radius 1 is 1.23 bits per heavy atom. The lowest BCUT2D eigenvalue weighted by atomic mass is 9.99. The fourth-order valence-electron chi connectivity index (χ4n) is 3.54. The number of nitrogens with one attached hydrogen (secondary N) is 2. The van der Waals surface area contributed by atoms with Crippen molar-refractivity contribution in [2.45, 2.75) is 32.9 Å². The van der Waals surface area contributed by atoms with Crippen LogP contribution in [0.3, 0.4) is 0 Å². The minimum absolute atomic E-state index is 0.387. The van der Waals surface area contributed by atoms with E-state index in [1.165, 1.54) is 0 Å². The molecular weight excluding hydrogens is 419 g/mol. The topological polar surface area (TPSA) is 84.7 Å². The lowest BCUT2D eigenvalue weighted by Crippen LogP contribution is -2.33. The maximum atomic E-state index is 12.2. The number of fused-ring (bicyclic) bond motifs is 1. The van der Waals surface area contributed by atoms with Gasteiger partial charge in [-0.05, 0) is 49.9 Å². The molecule has 158 valence electrons. The molecule has 3 heterocycles. The zero-order valence-electron chi connectivity index (χ0n) is 17.6. The van der Waals surface area contributed by atoms with Crippen LogP contribution < -0.4 is 15.9 Å². The molecule has 0 fully saturated rings. The van der Waals surface area contributed by atoms with Crippen LogP contribution in [0.1, 0.15) is 20.3 Å². The van der Waals surface area contributed by atoms with Crippen LogP contribution in [0, 0.1) is 5.92 Å². The van der Waals surface area contributed by atoms with E-state index in [0.29, 0.717) is 28.6 Å². The average Bonchev–Trinajstić information content (AvgIpc) is 3.12. The quantitative estimate of drug-likeness (QED) is 0.548. The van der Waals surface area contributed by atoms with Crippen molar-refractivity contribution in [1.82, 2.24) is 19.7 Å². The Morgan fingerprint density at radius 3 is 2.63 bits per heavy atom. The zero-order chi connectivity index (χ0) is 21.5. The minimum Gasteiger partial charge on any atom is -0.367 e. The number of anilines is 3. The maximum Gasteiger partial charge on any atom is 0.227 e. The molecule has 0 saturated carbocycles. The highest BCUT2D eigenvalue weighted by Crippen LogP contribution is 2.36. The highest BCUT2D eigenvalue weighted by atomic mass is 35.5. The van der Waals surface area contributed by atoms with Gasteiger partial charge in [-0.3, -0.25) is 0 Å². The van der Waals surface area contributed by atoms with E-state index in [9.17, 15) is 4.57 Å². The van der Waals surface area contributed by atoms with Gasteiger partial charge in [-0.15, -0.1) is 0 Å². The molecule has 0 aliphatic carbocycles. The van der Waals surface area contributed by atoms with Gasteiger partial charge in [-0.1, -0.05) is 25.4 Å². The number of halogens is 1. The Balaban J connectivity index is 1.62. The van der Waals surface area contributed by atoms with Crippen LogP contribution in [0.4, 0.5) is 17.5 Å². The first-order chi connectivity index (χ1) is 14.2. The van der Waals surface area contributed by atoms with E-state index < -0.39 is 7.14 Å². The van der Waals surface area contributed by atoms with Crippen molar-refractivity contribution in [3.05, 3.63) is 41.7 Å². The molecule has 1 atom stereocenters. The summed E-state index contributed by atoms with van der Waals surface area (Å²) in [6.45, 7) is 8.81. The fourth-order valence-corrected chi connectivity index (χ4v) is 4.60. The van der Waals surface area contributed by atoms with Gasteiger partial charge in [-0.25, -0.2) is 14.6 Å². The van der Waals surface area contributed by atoms with Crippen LogP contribution in [0.2, 0.25) is 5.02 Å². The molecule has 0 spiro atoms. The highest BCUT2D eigenvalue weighted by molar-refractivity contribution is 7.70.